The molecule has 0 spiro atoms. The summed E-state index contributed by atoms with van der Waals surface area (Å²) in [6.45, 7) is 2.30. The van der Waals surface area contributed by atoms with Crippen molar-refractivity contribution in [2.75, 3.05) is 0 Å². The molecule has 1 unspecified atom stereocenters. The first-order valence-electron chi connectivity index (χ1n) is 12.9. The number of imidazole rings is 1. The maximum atomic E-state index is 4.28. The van der Waals surface area contributed by atoms with E-state index in [9.17, 15) is 0 Å². The summed E-state index contributed by atoms with van der Waals surface area (Å²) in [5.74, 6) is 0. The lowest BCUT2D eigenvalue weighted by Crippen LogP contribution is -2.08. The van der Waals surface area contributed by atoms with Crippen LogP contribution in [0.5, 0.6) is 0 Å². The van der Waals surface area contributed by atoms with Gasteiger partial charge in [-0.1, -0.05) is 127 Å². The number of benzene rings is 1. The summed E-state index contributed by atoms with van der Waals surface area (Å²) >= 11 is 0. The van der Waals surface area contributed by atoms with Crippen molar-refractivity contribution < 1.29 is 0 Å². The summed E-state index contributed by atoms with van der Waals surface area (Å²) in [5, 5.41) is 0. The van der Waals surface area contributed by atoms with Crippen LogP contribution in [0.2, 0.25) is 0 Å². The number of aryl methyl sites for hydroxylation is 1. The van der Waals surface area contributed by atoms with Crippen molar-refractivity contribution in [3.63, 3.8) is 0 Å². The highest BCUT2D eigenvalue weighted by Gasteiger charge is 2.10. The molecular formula is C28H46N2. The minimum atomic E-state index is 0.588. The summed E-state index contributed by atoms with van der Waals surface area (Å²) in [6.07, 6.45) is 29.7. The van der Waals surface area contributed by atoms with Crippen molar-refractivity contribution in [1.82, 2.24) is 9.55 Å². The van der Waals surface area contributed by atoms with Crippen LogP contribution in [0.4, 0.5) is 0 Å². The molecule has 1 heterocycles. The van der Waals surface area contributed by atoms with Gasteiger partial charge in [0.25, 0.3) is 0 Å². The summed E-state index contributed by atoms with van der Waals surface area (Å²) in [6, 6.07) is 11.5. The summed E-state index contributed by atoms with van der Waals surface area (Å²) < 4.78 is 2.32. The minimum absolute atomic E-state index is 0.588. The third-order valence-electron chi connectivity index (χ3n) is 6.45. The molecule has 1 atom stereocenters. The lowest BCUT2D eigenvalue weighted by molar-refractivity contribution is 0.411. The standard InChI is InChI=1S/C28H46N2/c1-2-3-4-5-6-7-8-9-10-11-12-13-14-18-21-28(30-25-24-29-26-30)23-22-27-19-16-15-17-20-27/h15-17,19-20,24-26,28H,2-14,18,21-23H2,1H3. The van der Waals surface area contributed by atoms with E-state index in [1.807, 2.05) is 12.5 Å². The zero-order chi connectivity index (χ0) is 21.1. The van der Waals surface area contributed by atoms with E-state index in [0.29, 0.717) is 6.04 Å². The Labute approximate surface area is 186 Å². The SMILES string of the molecule is CCCCCCCCCCCCCCCCC(CCc1ccccc1)n1ccnc1. The van der Waals surface area contributed by atoms with Crippen LogP contribution in [0.25, 0.3) is 0 Å². The first-order valence-corrected chi connectivity index (χ1v) is 12.9. The van der Waals surface area contributed by atoms with Gasteiger partial charge in [-0.25, -0.2) is 4.98 Å². The van der Waals surface area contributed by atoms with Crippen LogP contribution >= 0.6 is 0 Å². The molecule has 2 nitrogen and oxygen atoms in total. The molecule has 0 fully saturated rings. The molecule has 168 valence electrons. The van der Waals surface area contributed by atoms with Gasteiger partial charge < -0.3 is 4.57 Å². The van der Waals surface area contributed by atoms with E-state index in [1.165, 1.54) is 108 Å². The van der Waals surface area contributed by atoms with Crippen molar-refractivity contribution >= 4 is 0 Å². The molecule has 0 aliphatic rings. The van der Waals surface area contributed by atoms with Crippen LogP contribution in [0.15, 0.2) is 49.1 Å². The van der Waals surface area contributed by atoms with E-state index in [2.05, 4.69) is 53.0 Å². The second-order valence-electron chi connectivity index (χ2n) is 9.07. The lowest BCUT2D eigenvalue weighted by atomic mass is 9.99. The molecule has 0 saturated carbocycles. The van der Waals surface area contributed by atoms with E-state index in [0.717, 1.165) is 6.42 Å². The Kier molecular flexibility index (Phi) is 14.1. The number of aromatic nitrogens is 2. The molecule has 0 amide bonds. The summed E-state index contributed by atoms with van der Waals surface area (Å²) in [5.41, 5.74) is 1.45. The molecule has 0 N–H and O–H groups in total. The van der Waals surface area contributed by atoms with Crippen molar-refractivity contribution in [2.24, 2.45) is 0 Å². The van der Waals surface area contributed by atoms with Gasteiger partial charge in [-0.05, 0) is 24.8 Å². The Balaban J connectivity index is 1.47. The second-order valence-corrected chi connectivity index (χ2v) is 9.07. The molecule has 2 heteroatoms. The quantitative estimate of drug-likeness (QED) is 0.211. The third kappa shape index (κ3) is 11.6. The van der Waals surface area contributed by atoms with Gasteiger partial charge in [0.05, 0.1) is 6.33 Å². The maximum Gasteiger partial charge on any atom is 0.0948 e. The fraction of sp³-hybridized carbons (Fsp3) is 0.679. The highest BCUT2D eigenvalue weighted by Crippen LogP contribution is 2.22. The van der Waals surface area contributed by atoms with E-state index < -0.39 is 0 Å². The van der Waals surface area contributed by atoms with Crippen LogP contribution in [0, 0.1) is 0 Å². The topological polar surface area (TPSA) is 17.8 Å². The average molecular weight is 411 g/mol. The van der Waals surface area contributed by atoms with Gasteiger partial charge in [0.1, 0.15) is 0 Å². The predicted octanol–water partition coefficient (Wildman–Crippen LogP) is 8.93. The largest absolute Gasteiger partial charge is 0.334 e. The number of unbranched alkanes of at least 4 members (excludes halogenated alkanes) is 13. The zero-order valence-electron chi connectivity index (χ0n) is 19.6. The Morgan fingerprint density at radius 2 is 1.27 bits per heavy atom. The fourth-order valence-electron chi connectivity index (χ4n) is 4.48. The number of nitrogens with zero attached hydrogens (tertiary/aromatic N) is 2. The molecule has 2 rings (SSSR count). The molecule has 0 aliphatic carbocycles. The van der Waals surface area contributed by atoms with Gasteiger partial charge in [0, 0.05) is 18.4 Å². The Hall–Kier alpha value is -1.57. The van der Waals surface area contributed by atoms with Gasteiger partial charge in [0.2, 0.25) is 0 Å². The summed E-state index contributed by atoms with van der Waals surface area (Å²) in [7, 11) is 0. The number of hydrogen-bond acceptors (Lipinski definition) is 1. The Morgan fingerprint density at radius 1 is 0.700 bits per heavy atom. The minimum Gasteiger partial charge on any atom is -0.334 e. The van der Waals surface area contributed by atoms with Crippen LogP contribution in [0.3, 0.4) is 0 Å². The average Bonchev–Trinajstić information content (AvgIpc) is 3.31. The molecule has 0 radical (unpaired) electrons. The Bertz CT molecular complexity index is 590. The van der Waals surface area contributed by atoms with Gasteiger partial charge in [-0.2, -0.15) is 0 Å². The van der Waals surface area contributed by atoms with Crippen LogP contribution in [-0.4, -0.2) is 9.55 Å². The molecular weight excluding hydrogens is 364 g/mol. The normalized spacial score (nSPS) is 12.3. The van der Waals surface area contributed by atoms with Crippen molar-refractivity contribution in [1.29, 1.82) is 0 Å². The number of hydrogen-bond donors (Lipinski definition) is 0. The summed E-state index contributed by atoms with van der Waals surface area (Å²) in [4.78, 5) is 4.28. The molecule has 30 heavy (non-hydrogen) atoms. The zero-order valence-corrected chi connectivity index (χ0v) is 19.6. The third-order valence-corrected chi connectivity index (χ3v) is 6.45. The lowest BCUT2D eigenvalue weighted by Gasteiger charge is -2.18. The predicted molar refractivity (Wildman–Crippen MR) is 131 cm³/mol. The monoisotopic (exact) mass is 410 g/mol. The van der Waals surface area contributed by atoms with E-state index in [4.69, 9.17) is 0 Å². The molecule has 0 saturated heterocycles. The van der Waals surface area contributed by atoms with Crippen molar-refractivity contribution in [2.45, 2.75) is 122 Å². The number of rotatable bonds is 19. The molecule has 0 bridgehead atoms. The van der Waals surface area contributed by atoms with E-state index >= 15 is 0 Å². The van der Waals surface area contributed by atoms with E-state index in [-0.39, 0.29) is 0 Å². The highest BCUT2D eigenvalue weighted by atomic mass is 15.0. The molecule has 0 aliphatic heterocycles. The Morgan fingerprint density at radius 3 is 1.80 bits per heavy atom. The molecule has 1 aromatic carbocycles. The fourth-order valence-corrected chi connectivity index (χ4v) is 4.48. The smallest absolute Gasteiger partial charge is 0.0948 e. The van der Waals surface area contributed by atoms with E-state index in [1.54, 1.807) is 0 Å². The van der Waals surface area contributed by atoms with Crippen LogP contribution in [-0.2, 0) is 6.42 Å². The van der Waals surface area contributed by atoms with Gasteiger partial charge in [0.15, 0.2) is 0 Å². The van der Waals surface area contributed by atoms with Gasteiger partial charge >= 0.3 is 0 Å². The first kappa shape index (κ1) is 24.7. The first-order chi connectivity index (χ1) is 14.9. The maximum absolute atomic E-state index is 4.28. The molecule has 1 aromatic heterocycles. The second kappa shape index (κ2) is 17.1. The van der Waals surface area contributed by atoms with Crippen molar-refractivity contribution in [3.05, 3.63) is 54.6 Å². The van der Waals surface area contributed by atoms with Gasteiger partial charge in [-0.3, -0.25) is 0 Å². The van der Waals surface area contributed by atoms with Crippen LogP contribution < -0.4 is 0 Å². The van der Waals surface area contributed by atoms with Crippen LogP contribution in [0.1, 0.15) is 121 Å². The molecule has 2 aromatic rings. The highest BCUT2D eigenvalue weighted by molar-refractivity contribution is 5.14. The van der Waals surface area contributed by atoms with Gasteiger partial charge in [-0.15, -0.1) is 0 Å². The van der Waals surface area contributed by atoms with Crippen molar-refractivity contribution in [3.8, 4) is 0 Å².